The van der Waals surface area contributed by atoms with Gasteiger partial charge in [0.2, 0.25) is 0 Å². The molecule has 0 bridgehead atoms. The first-order chi connectivity index (χ1) is 26.9. The van der Waals surface area contributed by atoms with E-state index in [1.807, 2.05) is 18.2 Å². The van der Waals surface area contributed by atoms with Crippen LogP contribution >= 0.6 is 0 Å². The fourth-order valence-electron chi connectivity index (χ4n) is 11.1. The smallest absolute Gasteiger partial charge is 0.178 e. The molecule has 5 aromatic carbocycles. The molecule has 2 heterocycles. The van der Waals surface area contributed by atoms with Gasteiger partial charge in [0.25, 0.3) is 0 Å². The van der Waals surface area contributed by atoms with Gasteiger partial charge in [0.05, 0.1) is 46.2 Å². The zero-order valence-electron chi connectivity index (χ0n) is 33.5. The van der Waals surface area contributed by atoms with Gasteiger partial charge in [-0.1, -0.05) is 64.1 Å². The second-order valence-electron chi connectivity index (χ2n) is 17.6. The van der Waals surface area contributed by atoms with Crippen molar-refractivity contribution < 1.29 is 23.7 Å². The van der Waals surface area contributed by atoms with Crippen molar-refractivity contribution >= 4 is 22.5 Å². The topological polar surface area (TPSA) is 73.2 Å². The van der Waals surface area contributed by atoms with Gasteiger partial charge < -0.3 is 28.6 Å². The Morgan fingerprint density at radius 2 is 1.34 bits per heavy atom. The molecule has 1 unspecified atom stereocenters. The summed E-state index contributed by atoms with van der Waals surface area (Å²) in [5.41, 5.74) is 8.57. The number of nitrogens with zero attached hydrogens (tertiary/aromatic N) is 2. The minimum Gasteiger partial charge on any atom is -0.497 e. The quantitative estimate of drug-likeness (QED) is 0.171. The summed E-state index contributed by atoms with van der Waals surface area (Å²) in [5.74, 6) is 2.89. The van der Waals surface area contributed by atoms with Crippen LogP contribution in [0.2, 0.25) is 0 Å². The van der Waals surface area contributed by atoms with Gasteiger partial charge in [-0.3, -0.25) is 0 Å². The van der Waals surface area contributed by atoms with Gasteiger partial charge in [-0.05, 0) is 112 Å². The molecular formula is C49H50N2O5. The number of fused-ring (bicyclic) bond motifs is 10. The van der Waals surface area contributed by atoms with Crippen LogP contribution in [0.3, 0.4) is 0 Å². The Morgan fingerprint density at radius 1 is 0.714 bits per heavy atom. The van der Waals surface area contributed by atoms with Crippen LogP contribution in [-0.4, -0.2) is 47.6 Å². The molecule has 56 heavy (non-hydrogen) atoms. The van der Waals surface area contributed by atoms with Crippen LogP contribution in [0.15, 0.2) is 84.9 Å². The molecule has 1 spiro atoms. The van der Waals surface area contributed by atoms with Crippen molar-refractivity contribution in [3.05, 3.63) is 118 Å². The number of nitriles is 1. The SMILES string of the molecule is COc1ccc(C2(c3ccc(N4CCOCC4)cc3)C=Cc3c4c(c5cc(OC)c(OC)cc5c3O2)-c2ccc(C#N)cc2C42CC(C)(C)CC(C)(C)C2)cc1. The van der Waals surface area contributed by atoms with E-state index in [4.69, 9.17) is 23.7 Å². The van der Waals surface area contributed by atoms with Crippen molar-refractivity contribution in [1.82, 2.24) is 0 Å². The highest BCUT2D eigenvalue weighted by atomic mass is 16.5. The second kappa shape index (κ2) is 13.1. The first-order valence-corrected chi connectivity index (χ1v) is 19.7. The molecule has 2 aliphatic heterocycles. The monoisotopic (exact) mass is 746 g/mol. The Morgan fingerprint density at radius 3 is 1.95 bits per heavy atom. The zero-order valence-corrected chi connectivity index (χ0v) is 33.5. The summed E-state index contributed by atoms with van der Waals surface area (Å²) in [5, 5.41) is 12.2. The summed E-state index contributed by atoms with van der Waals surface area (Å²) in [6.07, 6.45) is 7.58. The number of ether oxygens (including phenoxy) is 5. The Labute approximate surface area is 330 Å². The van der Waals surface area contributed by atoms with E-state index in [2.05, 4.69) is 111 Å². The first-order valence-electron chi connectivity index (χ1n) is 19.7. The number of hydrogen-bond acceptors (Lipinski definition) is 7. The summed E-state index contributed by atoms with van der Waals surface area (Å²) < 4.78 is 31.0. The molecule has 0 amide bonds. The summed E-state index contributed by atoms with van der Waals surface area (Å²) in [6.45, 7) is 12.8. The molecule has 0 aromatic heterocycles. The minimum atomic E-state index is -0.963. The first kappa shape index (κ1) is 36.2. The van der Waals surface area contributed by atoms with Crippen molar-refractivity contribution in [2.75, 3.05) is 52.5 Å². The van der Waals surface area contributed by atoms with Gasteiger partial charge in [-0.15, -0.1) is 0 Å². The average molecular weight is 747 g/mol. The summed E-state index contributed by atoms with van der Waals surface area (Å²) in [6, 6.07) is 30.0. The van der Waals surface area contributed by atoms with Crippen LogP contribution in [-0.2, 0) is 15.8 Å². The fourth-order valence-corrected chi connectivity index (χ4v) is 11.1. The number of anilines is 1. The predicted molar refractivity (Wildman–Crippen MR) is 222 cm³/mol. The molecule has 7 heteroatoms. The van der Waals surface area contributed by atoms with Gasteiger partial charge in [0.1, 0.15) is 11.5 Å². The third kappa shape index (κ3) is 5.56. The van der Waals surface area contributed by atoms with Gasteiger partial charge in [0, 0.05) is 46.3 Å². The van der Waals surface area contributed by atoms with Crippen LogP contribution < -0.4 is 23.8 Å². The maximum atomic E-state index is 10.2. The Hall–Kier alpha value is -5.45. The lowest BCUT2D eigenvalue weighted by atomic mass is 9.52. The molecule has 2 aliphatic carbocycles. The molecule has 9 rings (SSSR count). The molecular weight excluding hydrogens is 697 g/mol. The van der Waals surface area contributed by atoms with Crippen molar-refractivity contribution in [3.8, 4) is 40.2 Å². The van der Waals surface area contributed by atoms with E-state index in [1.54, 1.807) is 21.3 Å². The average Bonchev–Trinajstić information content (AvgIpc) is 3.46. The lowest BCUT2D eigenvalue weighted by molar-refractivity contribution is 0.0641. The lowest BCUT2D eigenvalue weighted by Crippen LogP contribution is -2.44. The number of benzene rings is 5. The Balaban J connectivity index is 1.35. The molecule has 286 valence electrons. The summed E-state index contributed by atoms with van der Waals surface area (Å²) in [7, 11) is 5.07. The molecule has 0 radical (unpaired) electrons. The van der Waals surface area contributed by atoms with Crippen LogP contribution in [0.4, 0.5) is 5.69 Å². The van der Waals surface area contributed by atoms with E-state index in [0.29, 0.717) is 17.1 Å². The molecule has 1 atom stereocenters. The number of methoxy groups -OCH3 is 3. The summed E-state index contributed by atoms with van der Waals surface area (Å²) in [4.78, 5) is 2.37. The standard InChI is InChI=1S/C49H50N2O5/c1-46(2)28-47(3,4)30-48(29-46)40-24-31(27-50)8-17-36(40)43-38-25-41(53-6)42(54-7)26-39(38)45-37(44(43)48)18-19-49(56-45,33-11-15-35(52-5)16-12-33)32-9-13-34(14-10-32)51-20-22-55-23-21-51/h8-19,24-26H,20-23,28-30H2,1-7H3. The van der Waals surface area contributed by atoms with Gasteiger partial charge in [-0.25, -0.2) is 0 Å². The zero-order chi connectivity index (χ0) is 39.0. The number of rotatable bonds is 6. The van der Waals surface area contributed by atoms with Gasteiger partial charge in [-0.2, -0.15) is 5.26 Å². The third-order valence-electron chi connectivity index (χ3n) is 12.7. The Kier molecular flexibility index (Phi) is 8.45. The normalized spacial score (nSPS) is 21.1. The van der Waals surface area contributed by atoms with E-state index >= 15 is 0 Å². The molecule has 2 fully saturated rings. The lowest BCUT2D eigenvalue weighted by Gasteiger charge is -2.52. The van der Waals surface area contributed by atoms with E-state index in [-0.39, 0.29) is 16.2 Å². The van der Waals surface area contributed by atoms with Gasteiger partial charge >= 0.3 is 0 Å². The van der Waals surface area contributed by atoms with E-state index in [9.17, 15) is 5.26 Å². The highest BCUT2D eigenvalue weighted by Gasteiger charge is 2.55. The third-order valence-corrected chi connectivity index (χ3v) is 12.7. The highest BCUT2D eigenvalue weighted by molar-refractivity contribution is 6.10. The maximum Gasteiger partial charge on any atom is 0.178 e. The molecule has 4 aliphatic rings. The minimum absolute atomic E-state index is 0.0387. The number of hydrogen-bond donors (Lipinski definition) is 0. The van der Waals surface area contributed by atoms with E-state index in [0.717, 1.165) is 84.5 Å². The fraction of sp³-hybridized carbons (Fsp3) is 0.367. The van der Waals surface area contributed by atoms with Crippen molar-refractivity contribution in [2.45, 2.75) is 58.0 Å². The molecule has 0 N–H and O–H groups in total. The maximum absolute atomic E-state index is 10.2. The van der Waals surface area contributed by atoms with Crippen LogP contribution in [0.1, 0.15) is 80.3 Å². The van der Waals surface area contributed by atoms with Crippen LogP contribution in [0.5, 0.6) is 23.0 Å². The van der Waals surface area contributed by atoms with Crippen molar-refractivity contribution in [3.63, 3.8) is 0 Å². The summed E-state index contributed by atoms with van der Waals surface area (Å²) >= 11 is 0. The molecule has 1 saturated carbocycles. The molecule has 5 aromatic rings. The van der Waals surface area contributed by atoms with E-state index < -0.39 is 5.60 Å². The van der Waals surface area contributed by atoms with Gasteiger partial charge in [0.15, 0.2) is 17.1 Å². The second-order valence-corrected chi connectivity index (χ2v) is 17.6. The molecule has 1 saturated heterocycles. The van der Waals surface area contributed by atoms with E-state index in [1.165, 1.54) is 27.9 Å². The largest absolute Gasteiger partial charge is 0.497 e. The highest BCUT2D eigenvalue weighted by Crippen LogP contribution is 2.67. The van der Waals surface area contributed by atoms with Crippen molar-refractivity contribution in [1.29, 1.82) is 5.26 Å². The number of morpholine rings is 1. The Bertz CT molecular complexity index is 2420. The van der Waals surface area contributed by atoms with Crippen molar-refractivity contribution in [2.24, 2.45) is 10.8 Å². The van der Waals surface area contributed by atoms with Crippen LogP contribution in [0.25, 0.3) is 28.0 Å². The predicted octanol–water partition coefficient (Wildman–Crippen LogP) is 10.4. The molecule has 7 nitrogen and oxygen atoms in total. The van der Waals surface area contributed by atoms with Crippen LogP contribution in [0, 0.1) is 22.2 Å².